The first-order chi connectivity index (χ1) is 7.99. The highest BCUT2D eigenvalue weighted by atomic mass is 14.8. The molecule has 0 fully saturated rings. The van der Waals surface area contributed by atoms with E-state index in [1.165, 1.54) is 33.4 Å². The number of aromatic nitrogens is 1. The molecule has 0 spiro atoms. The molecular formula is C15H18N2. The molecule has 0 aliphatic heterocycles. The molecule has 0 amide bonds. The van der Waals surface area contributed by atoms with Crippen LogP contribution in [-0.2, 0) is 0 Å². The van der Waals surface area contributed by atoms with Crippen LogP contribution < -0.4 is 5.73 Å². The Morgan fingerprint density at radius 3 is 2.00 bits per heavy atom. The van der Waals surface area contributed by atoms with E-state index in [0.717, 1.165) is 0 Å². The van der Waals surface area contributed by atoms with Crippen molar-refractivity contribution >= 4 is 5.82 Å². The molecule has 2 rings (SSSR count). The summed E-state index contributed by atoms with van der Waals surface area (Å²) in [6.45, 7) is 8.48. The Kier molecular flexibility index (Phi) is 2.88. The second-order valence-electron chi connectivity index (χ2n) is 4.68. The van der Waals surface area contributed by atoms with Crippen LogP contribution in [0.4, 0.5) is 5.82 Å². The predicted octanol–water partition coefficient (Wildman–Crippen LogP) is 3.56. The molecule has 0 saturated carbocycles. The van der Waals surface area contributed by atoms with E-state index in [4.69, 9.17) is 5.73 Å². The van der Waals surface area contributed by atoms with Crippen molar-refractivity contribution in [1.82, 2.24) is 4.98 Å². The van der Waals surface area contributed by atoms with Crippen LogP contribution in [0.2, 0.25) is 0 Å². The summed E-state index contributed by atoms with van der Waals surface area (Å²) in [4.78, 5) is 4.19. The van der Waals surface area contributed by atoms with Crippen LogP contribution in [0.5, 0.6) is 0 Å². The summed E-state index contributed by atoms with van der Waals surface area (Å²) in [6.07, 6.45) is 1.86. The normalized spacial score (nSPS) is 10.6. The minimum atomic E-state index is 0.577. The summed E-state index contributed by atoms with van der Waals surface area (Å²) >= 11 is 0. The van der Waals surface area contributed by atoms with Crippen molar-refractivity contribution in [2.24, 2.45) is 0 Å². The Balaban J connectivity index is 2.64. The van der Waals surface area contributed by atoms with Gasteiger partial charge in [-0.2, -0.15) is 0 Å². The van der Waals surface area contributed by atoms with Crippen LogP contribution in [0.1, 0.15) is 22.3 Å². The van der Waals surface area contributed by atoms with Gasteiger partial charge in [0, 0.05) is 11.8 Å². The standard InChI is InChI=1S/C15H18N2/c1-9-5-11(3)13(6-10(9)2)14-8-17-15(16)7-12(14)4/h5-8H,1-4H3,(H2,16,17). The molecule has 0 unspecified atom stereocenters. The van der Waals surface area contributed by atoms with Gasteiger partial charge in [0.1, 0.15) is 5.82 Å². The van der Waals surface area contributed by atoms with Crippen LogP contribution in [0.15, 0.2) is 24.4 Å². The largest absolute Gasteiger partial charge is 0.384 e. The van der Waals surface area contributed by atoms with E-state index < -0.39 is 0 Å². The molecule has 0 radical (unpaired) electrons. The maximum atomic E-state index is 5.69. The number of rotatable bonds is 1. The number of benzene rings is 1. The van der Waals surface area contributed by atoms with Gasteiger partial charge in [-0.3, -0.25) is 0 Å². The van der Waals surface area contributed by atoms with E-state index >= 15 is 0 Å². The molecule has 2 aromatic rings. The van der Waals surface area contributed by atoms with E-state index in [1.807, 2.05) is 12.3 Å². The third-order valence-electron chi connectivity index (χ3n) is 3.26. The number of nitrogens with zero attached hydrogens (tertiary/aromatic N) is 1. The van der Waals surface area contributed by atoms with Gasteiger partial charge in [-0.1, -0.05) is 12.1 Å². The van der Waals surface area contributed by atoms with Gasteiger partial charge in [-0.15, -0.1) is 0 Å². The Labute approximate surface area is 103 Å². The summed E-state index contributed by atoms with van der Waals surface area (Å²) in [5, 5.41) is 0. The van der Waals surface area contributed by atoms with E-state index in [1.54, 1.807) is 0 Å². The topological polar surface area (TPSA) is 38.9 Å². The summed E-state index contributed by atoms with van der Waals surface area (Å²) < 4.78 is 0. The Morgan fingerprint density at radius 2 is 1.35 bits per heavy atom. The molecule has 0 bridgehead atoms. The second kappa shape index (κ2) is 4.21. The van der Waals surface area contributed by atoms with Gasteiger partial charge in [0.05, 0.1) is 0 Å². The summed E-state index contributed by atoms with van der Waals surface area (Å²) in [5.41, 5.74) is 13.2. The van der Waals surface area contributed by atoms with Crippen LogP contribution in [0.25, 0.3) is 11.1 Å². The van der Waals surface area contributed by atoms with Crippen LogP contribution in [0, 0.1) is 27.7 Å². The van der Waals surface area contributed by atoms with Crippen LogP contribution in [0.3, 0.4) is 0 Å². The maximum Gasteiger partial charge on any atom is 0.123 e. The fraction of sp³-hybridized carbons (Fsp3) is 0.267. The van der Waals surface area contributed by atoms with Crippen molar-refractivity contribution in [3.63, 3.8) is 0 Å². The lowest BCUT2D eigenvalue weighted by molar-refractivity contribution is 1.26. The fourth-order valence-corrected chi connectivity index (χ4v) is 2.11. The Morgan fingerprint density at radius 1 is 0.765 bits per heavy atom. The van der Waals surface area contributed by atoms with Crippen molar-refractivity contribution in [3.8, 4) is 11.1 Å². The lowest BCUT2D eigenvalue weighted by atomic mass is 9.94. The average molecular weight is 226 g/mol. The highest BCUT2D eigenvalue weighted by Crippen LogP contribution is 2.28. The minimum Gasteiger partial charge on any atom is -0.384 e. The zero-order chi connectivity index (χ0) is 12.6. The molecule has 0 saturated heterocycles. The second-order valence-corrected chi connectivity index (χ2v) is 4.68. The summed E-state index contributed by atoms with van der Waals surface area (Å²) in [5.74, 6) is 0.577. The smallest absolute Gasteiger partial charge is 0.123 e. The SMILES string of the molecule is Cc1cc(C)c(-c2cnc(N)cc2C)cc1C. The first kappa shape index (κ1) is 11.6. The van der Waals surface area contributed by atoms with E-state index in [9.17, 15) is 0 Å². The predicted molar refractivity (Wildman–Crippen MR) is 73.0 cm³/mol. The number of nitrogens with two attached hydrogens (primary N) is 1. The van der Waals surface area contributed by atoms with Crippen molar-refractivity contribution in [2.75, 3.05) is 5.73 Å². The minimum absolute atomic E-state index is 0.577. The lowest BCUT2D eigenvalue weighted by Crippen LogP contribution is -1.95. The van der Waals surface area contributed by atoms with Gasteiger partial charge in [0.25, 0.3) is 0 Å². The summed E-state index contributed by atoms with van der Waals surface area (Å²) in [6, 6.07) is 6.37. The lowest BCUT2D eigenvalue weighted by Gasteiger charge is -2.12. The molecule has 88 valence electrons. The third-order valence-corrected chi connectivity index (χ3v) is 3.26. The molecule has 0 aliphatic carbocycles. The molecule has 2 heteroatoms. The molecular weight excluding hydrogens is 208 g/mol. The van der Waals surface area contributed by atoms with Crippen molar-refractivity contribution < 1.29 is 0 Å². The summed E-state index contributed by atoms with van der Waals surface area (Å²) in [7, 11) is 0. The third kappa shape index (κ3) is 2.16. The van der Waals surface area contributed by atoms with E-state index in [0.29, 0.717) is 5.82 Å². The van der Waals surface area contributed by atoms with Crippen molar-refractivity contribution in [2.45, 2.75) is 27.7 Å². The first-order valence-electron chi connectivity index (χ1n) is 5.79. The Hall–Kier alpha value is -1.83. The molecule has 2 N–H and O–H groups in total. The van der Waals surface area contributed by atoms with Crippen LogP contribution in [-0.4, -0.2) is 4.98 Å². The highest BCUT2D eigenvalue weighted by Gasteiger charge is 2.07. The van der Waals surface area contributed by atoms with E-state index in [-0.39, 0.29) is 0 Å². The zero-order valence-electron chi connectivity index (χ0n) is 10.8. The van der Waals surface area contributed by atoms with Crippen LogP contribution >= 0.6 is 0 Å². The van der Waals surface area contributed by atoms with E-state index in [2.05, 4.69) is 44.8 Å². The fourth-order valence-electron chi connectivity index (χ4n) is 2.11. The maximum absolute atomic E-state index is 5.69. The first-order valence-corrected chi connectivity index (χ1v) is 5.79. The average Bonchev–Trinajstić information content (AvgIpc) is 2.24. The van der Waals surface area contributed by atoms with Gasteiger partial charge in [-0.25, -0.2) is 4.98 Å². The molecule has 1 heterocycles. The molecule has 1 aromatic heterocycles. The monoisotopic (exact) mass is 226 g/mol. The van der Waals surface area contributed by atoms with Crippen molar-refractivity contribution in [3.05, 3.63) is 46.6 Å². The highest BCUT2D eigenvalue weighted by molar-refractivity contribution is 5.71. The number of aryl methyl sites for hydroxylation is 4. The number of hydrogen-bond donors (Lipinski definition) is 1. The van der Waals surface area contributed by atoms with Gasteiger partial charge in [0.15, 0.2) is 0 Å². The van der Waals surface area contributed by atoms with Gasteiger partial charge in [-0.05, 0) is 61.6 Å². The molecule has 1 aromatic carbocycles. The van der Waals surface area contributed by atoms with Gasteiger partial charge < -0.3 is 5.73 Å². The Bertz CT molecular complexity index is 571. The zero-order valence-corrected chi connectivity index (χ0v) is 10.8. The number of anilines is 1. The molecule has 17 heavy (non-hydrogen) atoms. The van der Waals surface area contributed by atoms with Crippen molar-refractivity contribution in [1.29, 1.82) is 0 Å². The van der Waals surface area contributed by atoms with Gasteiger partial charge >= 0.3 is 0 Å². The number of pyridine rings is 1. The molecule has 2 nitrogen and oxygen atoms in total. The molecule has 0 aliphatic rings. The molecule has 0 atom stereocenters. The number of hydrogen-bond acceptors (Lipinski definition) is 2. The number of nitrogen functional groups attached to an aromatic ring is 1. The van der Waals surface area contributed by atoms with Gasteiger partial charge in [0.2, 0.25) is 0 Å². The quantitative estimate of drug-likeness (QED) is 0.807.